The average Bonchev–Trinajstić information content (AvgIpc) is 2.84. The zero-order valence-electron chi connectivity index (χ0n) is 9.74. The van der Waals surface area contributed by atoms with Crippen molar-refractivity contribution < 1.29 is 4.74 Å². The van der Waals surface area contributed by atoms with E-state index >= 15 is 0 Å². The van der Waals surface area contributed by atoms with Crippen LogP contribution in [0.1, 0.15) is 39.0 Å². The van der Waals surface area contributed by atoms with Gasteiger partial charge in [-0.15, -0.1) is 6.58 Å². The average molecular weight is 209 g/mol. The molecule has 2 rings (SSSR count). The van der Waals surface area contributed by atoms with Crippen molar-refractivity contribution in [2.45, 2.75) is 57.3 Å². The highest BCUT2D eigenvalue weighted by atomic mass is 16.5. The predicted molar refractivity (Wildman–Crippen MR) is 62.9 cm³/mol. The quantitative estimate of drug-likeness (QED) is 0.679. The Balaban J connectivity index is 1.63. The highest BCUT2D eigenvalue weighted by molar-refractivity contribution is 4.90. The molecule has 2 heteroatoms. The van der Waals surface area contributed by atoms with E-state index in [2.05, 4.69) is 18.8 Å². The maximum atomic E-state index is 5.84. The molecule has 2 nitrogen and oxygen atoms in total. The molecule has 2 saturated heterocycles. The molecule has 0 aliphatic carbocycles. The third-order valence-corrected chi connectivity index (χ3v) is 3.76. The Kier molecular flexibility index (Phi) is 3.81. The molecule has 2 heterocycles. The van der Waals surface area contributed by atoms with Crippen molar-refractivity contribution in [1.82, 2.24) is 5.32 Å². The lowest BCUT2D eigenvalue weighted by molar-refractivity contribution is 0.0920. The number of ether oxygens (including phenoxy) is 1. The van der Waals surface area contributed by atoms with Crippen molar-refractivity contribution in [2.24, 2.45) is 5.92 Å². The predicted octanol–water partition coefficient (Wildman–Crippen LogP) is 2.50. The fraction of sp³-hybridized carbons (Fsp3) is 0.846. The summed E-state index contributed by atoms with van der Waals surface area (Å²) in [5, 5.41) is 3.62. The van der Waals surface area contributed by atoms with Gasteiger partial charge in [0.05, 0.1) is 12.2 Å². The van der Waals surface area contributed by atoms with Gasteiger partial charge in [0.15, 0.2) is 0 Å². The Labute approximate surface area is 93.1 Å². The van der Waals surface area contributed by atoms with Crippen LogP contribution in [0.25, 0.3) is 0 Å². The second-order valence-corrected chi connectivity index (χ2v) is 5.04. The summed E-state index contributed by atoms with van der Waals surface area (Å²) in [6.07, 6.45) is 9.34. The Morgan fingerprint density at radius 2 is 2.40 bits per heavy atom. The molecule has 0 aromatic rings. The van der Waals surface area contributed by atoms with Gasteiger partial charge in [-0.05, 0) is 39.0 Å². The number of rotatable bonds is 6. The molecule has 0 saturated carbocycles. The lowest BCUT2D eigenvalue weighted by Crippen LogP contribution is -2.34. The van der Waals surface area contributed by atoms with E-state index in [9.17, 15) is 0 Å². The molecule has 0 amide bonds. The first-order chi connectivity index (χ1) is 7.29. The maximum absolute atomic E-state index is 5.84. The third-order valence-electron chi connectivity index (χ3n) is 3.76. The summed E-state index contributed by atoms with van der Waals surface area (Å²) in [6, 6.07) is 0.613. The molecule has 0 radical (unpaired) electrons. The first-order valence-corrected chi connectivity index (χ1v) is 6.29. The molecular formula is C13H23NO. The monoisotopic (exact) mass is 209 g/mol. The Bertz CT molecular complexity index is 217. The standard InChI is InChI=1S/C13H23NO/c1-3-4-5-10(2)14-9-11-8-12-6-7-13(11)15-12/h3,10-14H,1,4-9H2,2H3. The summed E-state index contributed by atoms with van der Waals surface area (Å²) >= 11 is 0. The van der Waals surface area contributed by atoms with E-state index in [0.29, 0.717) is 18.2 Å². The van der Waals surface area contributed by atoms with Crippen molar-refractivity contribution in [3.63, 3.8) is 0 Å². The van der Waals surface area contributed by atoms with Gasteiger partial charge in [-0.25, -0.2) is 0 Å². The van der Waals surface area contributed by atoms with Crippen LogP contribution in [0.3, 0.4) is 0 Å². The van der Waals surface area contributed by atoms with E-state index in [1.807, 2.05) is 6.08 Å². The number of nitrogens with one attached hydrogen (secondary N) is 1. The summed E-state index contributed by atoms with van der Waals surface area (Å²) in [6.45, 7) is 7.15. The van der Waals surface area contributed by atoms with E-state index in [1.54, 1.807) is 0 Å². The van der Waals surface area contributed by atoms with E-state index in [1.165, 1.54) is 25.7 Å². The first-order valence-electron chi connectivity index (χ1n) is 6.29. The lowest BCUT2D eigenvalue weighted by Gasteiger charge is -2.21. The van der Waals surface area contributed by atoms with Crippen LogP contribution < -0.4 is 5.32 Å². The molecular weight excluding hydrogens is 186 g/mol. The SMILES string of the molecule is C=CCCC(C)NCC1CC2CCC1O2. The topological polar surface area (TPSA) is 21.3 Å². The second-order valence-electron chi connectivity index (χ2n) is 5.04. The fourth-order valence-corrected chi connectivity index (χ4v) is 2.78. The maximum Gasteiger partial charge on any atom is 0.0621 e. The van der Waals surface area contributed by atoms with E-state index in [-0.39, 0.29) is 0 Å². The molecule has 0 aromatic carbocycles. The first kappa shape index (κ1) is 11.2. The van der Waals surface area contributed by atoms with Gasteiger partial charge in [0.1, 0.15) is 0 Å². The van der Waals surface area contributed by atoms with Gasteiger partial charge in [-0.1, -0.05) is 6.08 Å². The fourth-order valence-electron chi connectivity index (χ4n) is 2.78. The van der Waals surface area contributed by atoms with Crippen LogP contribution in [-0.4, -0.2) is 24.8 Å². The van der Waals surface area contributed by atoms with Crippen molar-refractivity contribution in [3.8, 4) is 0 Å². The van der Waals surface area contributed by atoms with Crippen LogP contribution in [0.15, 0.2) is 12.7 Å². The van der Waals surface area contributed by atoms with Crippen molar-refractivity contribution in [1.29, 1.82) is 0 Å². The van der Waals surface area contributed by atoms with Crippen molar-refractivity contribution in [3.05, 3.63) is 12.7 Å². The minimum absolute atomic E-state index is 0.564. The van der Waals surface area contributed by atoms with Crippen LogP contribution in [0.4, 0.5) is 0 Å². The van der Waals surface area contributed by atoms with Crippen LogP contribution in [-0.2, 0) is 4.74 Å². The summed E-state index contributed by atoms with van der Waals surface area (Å²) in [5.41, 5.74) is 0. The lowest BCUT2D eigenvalue weighted by atomic mass is 9.89. The summed E-state index contributed by atoms with van der Waals surface area (Å²) in [7, 11) is 0. The smallest absolute Gasteiger partial charge is 0.0621 e. The zero-order valence-corrected chi connectivity index (χ0v) is 9.74. The van der Waals surface area contributed by atoms with Crippen LogP contribution in [0, 0.1) is 5.92 Å². The number of fused-ring (bicyclic) bond motifs is 2. The zero-order chi connectivity index (χ0) is 10.7. The van der Waals surface area contributed by atoms with Crippen LogP contribution in [0.2, 0.25) is 0 Å². The molecule has 1 N–H and O–H groups in total. The second kappa shape index (κ2) is 5.13. The van der Waals surface area contributed by atoms with Gasteiger partial charge in [0, 0.05) is 18.5 Å². The highest BCUT2D eigenvalue weighted by Gasteiger charge is 2.40. The molecule has 2 bridgehead atoms. The van der Waals surface area contributed by atoms with Gasteiger partial charge in [0.25, 0.3) is 0 Å². The number of allylic oxidation sites excluding steroid dienone is 1. The van der Waals surface area contributed by atoms with Gasteiger partial charge < -0.3 is 10.1 Å². The van der Waals surface area contributed by atoms with E-state index in [4.69, 9.17) is 4.74 Å². The highest BCUT2D eigenvalue weighted by Crippen LogP contribution is 2.38. The third kappa shape index (κ3) is 2.82. The van der Waals surface area contributed by atoms with Crippen molar-refractivity contribution >= 4 is 0 Å². The molecule has 2 aliphatic rings. The molecule has 0 spiro atoms. The minimum Gasteiger partial charge on any atom is -0.375 e. The Morgan fingerprint density at radius 1 is 1.53 bits per heavy atom. The molecule has 86 valence electrons. The molecule has 2 fully saturated rings. The normalized spacial score (nSPS) is 35.7. The summed E-state index contributed by atoms with van der Waals surface area (Å²) < 4.78 is 5.84. The van der Waals surface area contributed by atoms with Gasteiger partial charge in [-0.3, -0.25) is 0 Å². The molecule has 2 aliphatic heterocycles. The largest absolute Gasteiger partial charge is 0.375 e. The van der Waals surface area contributed by atoms with Crippen LogP contribution in [0.5, 0.6) is 0 Å². The van der Waals surface area contributed by atoms with Gasteiger partial charge in [0.2, 0.25) is 0 Å². The molecule has 4 atom stereocenters. The van der Waals surface area contributed by atoms with Gasteiger partial charge >= 0.3 is 0 Å². The van der Waals surface area contributed by atoms with E-state index in [0.717, 1.165) is 18.9 Å². The van der Waals surface area contributed by atoms with Crippen LogP contribution >= 0.6 is 0 Å². The molecule has 15 heavy (non-hydrogen) atoms. The minimum atomic E-state index is 0.564. The number of hydrogen-bond donors (Lipinski definition) is 1. The Hall–Kier alpha value is -0.340. The number of hydrogen-bond acceptors (Lipinski definition) is 2. The van der Waals surface area contributed by atoms with Gasteiger partial charge in [-0.2, -0.15) is 0 Å². The summed E-state index contributed by atoms with van der Waals surface area (Å²) in [4.78, 5) is 0. The Morgan fingerprint density at radius 3 is 3.00 bits per heavy atom. The van der Waals surface area contributed by atoms with Crippen molar-refractivity contribution in [2.75, 3.05) is 6.54 Å². The molecule has 4 unspecified atom stereocenters. The summed E-state index contributed by atoms with van der Waals surface area (Å²) in [5.74, 6) is 0.773. The van der Waals surface area contributed by atoms with E-state index < -0.39 is 0 Å². The molecule has 0 aromatic heterocycles.